The lowest BCUT2D eigenvalue weighted by molar-refractivity contribution is -0.135. The van der Waals surface area contributed by atoms with Gasteiger partial charge >= 0.3 is 0 Å². The monoisotopic (exact) mass is 396 g/mol. The number of nitrogens with one attached hydrogen (secondary N) is 1. The Morgan fingerprint density at radius 3 is 2.52 bits per heavy atom. The van der Waals surface area contributed by atoms with E-state index in [-0.39, 0.29) is 29.5 Å². The van der Waals surface area contributed by atoms with Gasteiger partial charge in [-0.2, -0.15) is 0 Å². The van der Waals surface area contributed by atoms with Crippen molar-refractivity contribution >= 4 is 17.6 Å². The van der Waals surface area contributed by atoms with Crippen LogP contribution in [0.25, 0.3) is 0 Å². The van der Waals surface area contributed by atoms with Gasteiger partial charge in [0.1, 0.15) is 11.6 Å². The Labute approximate surface area is 169 Å². The smallest absolute Gasteiger partial charge is 0.226 e. The first-order valence-corrected chi connectivity index (χ1v) is 10.1. The van der Waals surface area contributed by atoms with Gasteiger partial charge in [-0.15, -0.1) is 0 Å². The minimum Gasteiger partial charge on any atom is -0.356 e. The fourth-order valence-corrected chi connectivity index (χ4v) is 3.84. The van der Waals surface area contributed by atoms with E-state index in [1.54, 1.807) is 24.4 Å². The van der Waals surface area contributed by atoms with E-state index in [4.69, 9.17) is 0 Å². The average molecular weight is 396 g/mol. The van der Waals surface area contributed by atoms with Crippen LogP contribution in [0.3, 0.4) is 0 Å². The lowest BCUT2D eigenvalue weighted by Gasteiger charge is -2.35. The summed E-state index contributed by atoms with van der Waals surface area (Å²) < 4.78 is 13.6. The number of hydrogen-bond acceptors (Lipinski definition) is 4. The molecule has 0 radical (unpaired) electrons. The predicted octanol–water partition coefficient (Wildman–Crippen LogP) is 1.86. The van der Waals surface area contributed by atoms with Gasteiger partial charge in [0.2, 0.25) is 11.8 Å². The molecular formula is C22H25FN4O2. The van der Waals surface area contributed by atoms with Crippen LogP contribution in [0.5, 0.6) is 0 Å². The molecule has 1 aromatic heterocycles. The third kappa shape index (κ3) is 4.55. The van der Waals surface area contributed by atoms with Crippen molar-refractivity contribution in [1.82, 2.24) is 15.2 Å². The van der Waals surface area contributed by atoms with Crippen LogP contribution in [-0.2, 0) is 16.0 Å². The summed E-state index contributed by atoms with van der Waals surface area (Å²) in [5, 5.41) is 2.84. The molecule has 152 valence electrons. The van der Waals surface area contributed by atoms with Crippen molar-refractivity contribution in [3.8, 4) is 0 Å². The molecule has 1 saturated heterocycles. The van der Waals surface area contributed by atoms with Gasteiger partial charge in [0, 0.05) is 38.9 Å². The van der Waals surface area contributed by atoms with Gasteiger partial charge in [0.05, 0.1) is 11.8 Å². The molecule has 1 aliphatic carbocycles. The predicted molar refractivity (Wildman–Crippen MR) is 108 cm³/mol. The molecule has 2 aromatic rings. The molecule has 6 nitrogen and oxygen atoms in total. The van der Waals surface area contributed by atoms with Crippen LogP contribution in [-0.4, -0.2) is 54.4 Å². The second-order valence-corrected chi connectivity index (χ2v) is 7.58. The minimum absolute atomic E-state index is 0.0694. The van der Waals surface area contributed by atoms with Crippen molar-refractivity contribution in [2.75, 3.05) is 37.6 Å². The van der Waals surface area contributed by atoms with E-state index >= 15 is 0 Å². The molecule has 0 bridgehead atoms. The number of carbonyl (C=O) groups excluding carboxylic acids is 2. The first-order valence-electron chi connectivity index (χ1n) is 10.1. The van der Waals surface area contributed by atoms with Gasteiger partial charge in [-0.1, -0.05) is 24.3 Å². The number of pyridine rings is 1. The number of aromatic nitrogens is 1. The van der Waals surface area contributed by atoms with Gasteiger partial charge in [0.15, 0.2) is 0 Å². The Bertz CT molecular complexity index is 868. The van der Waals surface area contributed by atoms with E-state index in [0.29, 0.717) is 38.0 Å². The summed E-state index contributed by atoms with van der Waals surface area (Å²) >= 11 is 0. The molecule has 2 unspecified atom stereocenters. The largest absolute Gasteiger partial charge is 0.356 e. The Morgan fingerprint density at radius 2 is 1.79 bits per heavy atom. The summed E-state index contributed by atoms with van der Waals surface area (Å²) in [7, 11) is 0. The highest BCUT2D eigenvalue weighted by molar-refractivity contribution is 5.92. The summed E-state index contributed by atoms with van der Waals surface area (Å²) in [6.07, 6.45) is 2.82. The second-order valence-electron chi connectivity index (χ2n) is 7.58. The molecule has 29 heavy (non-hydrogen) atoms. The molecule has 2 aliphatic rings. The maximum atomic E-state index is 13.6. The Hall–Kier alpha value is -2.96. The first kappa shape index (κ1) is 19.4. The van der Waals surface area contributed by atoms with Crippen molar-refractivity contribution in [3.63, 3.8) is 0 Å². The lowest BCUT2D eigenvalue weighted by Crippen LogP contribution is -2.49. The zero-order valence-corrected chi connectivity index (χ0v) is 16.3. The highest BCUT2D eigenvalue weighted by Gasteiger charge is 2.49. The molecule has 7 heteroatoms. The van der Waals surface area contributed by atoms with Crippen LogP contribution < -0.4 is 10.2 Å². The fraction of sp³-hybridized carbons (Fsp3) is 0.409. The number of anilines is 1. The zero-order chi connectivity index (χ0) is 20.2. The van der Waals surface area contributed by atoms with Gasteiger partial charge in [-0.05, 0) is 36.6 Å². The number of halogens is 1. The van der Waals surface area contributed by atoms with Crippen LogP contribution in [0.15, 0.2) is 48.7 Å². The maximum Gasteiger partial charge on any atom is 0.226 e. The zero-order valence-electron chi connectivity index (χ0n) is 16.3. The van der Waals surface area contributed by atoms with E-state index < -0.39 is 0 Å². The second kappa shape index (κ2) is 8.59. The first-order chi connectivity index (χ1) is 14.1. The highest BCUT2D eigenvalue weighted by Crippen LogP contribution is 2.40. The summed E-state index contributed by atoms with van der Waals surface area (Å²) in [4.78, 5) is 33.4. The van der Waals surface area contributed by atoms with Gasteiger partial charge < -0.3 is 15.1 Å². The van der Waals surface area contributed by atoms with Gasteiger partial charge in [-0.3, -0.25) is 9.59 Å². The fourth-order valence-electron chi connectivity index (χ4n) is 3.84. The number of nitrogens with zero attached hydrogens (tertiary/aromatic N) is 3. The van der Waals surface area contributed by atoms with Crippen molar-refractivity contribution < 1.29 is 14.0 Å². The SMILES string of the molecule is O=C(NCCc1ccccc1F)C1CC1C(=O)N1CCN(c2ccccn2)CC1. The molecule has 2 heterocycles. The quantitative estimate of drug-likeness (QED) is 0.810. The van der Waals surface area contributed by atoms with Gasteiger partial charge in [0.25, 0.3) is 0 Å². The van der Waals surface area contributed by atoms with Crippen LogP contribution in [0.2, 0.25) is 0 Å². The van der Waals surface area contributed by atoms with Crippen molar-refractivity contribution in [2.24, 2.45) is 11.8 Å². The van der Waals surface area contributed by atoms with Crippen molar-refractivity contribution in [1.29, 1.82) is 0 Å². The standard InChI is InChI=1S/C22H25FN4O2/c23-19-6-2-1-5-16(19)8-10-25-21(28)17-15-18(17)22(29)27-13-11-26(12-14-27)20-7-3-4-9-24-20/h1-7,9,17-18H,8,10-15H2,(H,25,28). The number of rotatable bonds is 6. The average Bonchev–Trinajstić information content (AvgIpc) is 3.56. The lowest BCUT2D eigenvalue weighted by atomic mass is 10.1. The van der Waals surface area contributed by atoms with Crippen LogP contribution in [0, 0.1) is 17.7 Å². The van der Waals surface area contributed by atoms with Crippen LogP contribution in [0.4, 0.5) is 10.2 Å². The molecule has 1 aromatic carbocycles. The van der Waals surface area contributed by atoms with E-state index in [2.05, 4.69) is 15.2 Å². The summed E-state index contributed by atoms with van der Waals surface area (Å²) in [6, 6.07) is 12.4. The van der Waals surface area contributed by atoms with Crippen molar-refractivity contribution in [2.45, 2.75) is 12.8 Å². The highest BCUT2D eigenvalue weighted by atomic mass is 19.1. The number of piperazine rings is 1. The Kier molecular flexibility index (Phi) is 5.74. The summed E-state index contributed by atoms with van der Waals surface area (Å²) in [5.41, 5.74) is 0.585. The number of carbonyl (C=O) groups is 2. The molecule has 1 aliphatic heterocycles. The van der Waals surface area contributed by atoms with E-state index in [1.807, 2.05) is 23.1 Å². The molecule has 1 N–H and O–H groups in total. The Balaban J connectivity index is 1.20. The normalized spacial score (nSPS) is 21.0. The third-order valence-corrected chi connectivity index (χ3v) is 5.66. The summed E-state index contributed by atoms with van der Waals surface area (Å²) in [6.45, 7) is 3.16. The third-order valence-electron chi connectivity index (χ3n) is 5.66. The van der Waals surface area contributed by atoms with E-state index in [1.165, 1.54) is 6.07 Å². The van der Waals surface area contributed by atoms with E-state index in [0.717, 1.165) is 18.9 Å². The summed E-state index contributed by atoms with van der Waals surface area (Å²) in [5.74, 6) is 0.165. The Morgan fingerprint density at radius 1 is 1.03 bits per heavy atom. The molecule has 4 rings (SSSR count). The van der Waals surface area contributed by atoms with E-state index in [9.17, 15) is 14.0 Å². The topological polar surface area (TPSA) is 65.5 Å². The molecule has 2 atom stereocenters. The molecule has 1 saturated carbocycles. The molecule has 2 amide bonds. The number of hydrogen-bond donors (Lipinski definition) is 1. The maximum absolute atomic E-state index is 13.6. The minimum atomic E-state index is -0.258. The van der Waals surface area contributed by atoms with Crippen molar-refractivity contribution in [3.05, 3.63) is 60.0 Å². The van der Waals surface area contributed by atoms with Crippen LogP contribution >= 0.6 is 0 Å². The number of benzene rings is 1. The molecular weight excluding hydrogens is 371 g/mol. The van der Waals surface area contributed by atoms with Crippen LogP contribution in [0.1, 0.15) is 12.0 Å². The molecule has 2 fully saturated rings. The van der Waals surface area contributed by atoms with Gasteiger partial charge in [-0.25, -0.2) is 9.37 Å². The number of amides is 2. The molecule has 0 spiro atoms.